The molecular weight excluding hydrogens is 456 g/mol. The number of aromatic nitrogens is 4. The summed E-state index contributed by atoms with van der Waals surface area (Å²) in [6, 6.07) is 8.93. The molecule has 0 aliphatic carbocycles. The second-order valence-electron chi connectivity index (χ2n) is 10.8. The minimum atomic E-state index is 0.206. The standard InChI is InChI=1S/C32H40N4O/c1-8-22-19(5)28-16-31-23(9-2)18(4)27(34-31)15-29-20(6)24(11-10-12-37)32(36-29)21(7)26-13-17(3)25(33-26)14-30(22)35-28/h13-16,20,24,33-34,37H,8-12H2,1-7H3/t20-,24-/m0/s1. The van der Waals surface area contributed by atoms with Crippen LogP contribution in [0.4, 0.5) is 0 Å². The van der Waals surface area contributed by atoms with Gasteiger partial charge < -0.3 is 15.1 Å². The van der Waals surface area contributed by atoms with Crippen molar-refractivity contribution in [3.05, 3.63) is 69.3 Å². The van der Waals surface area contributed by atoms with Crippen LogP contribution in [-0.2, 0) is 6.42 Å². The number of nitrogens with zero attached hydrogens (tertiary/aromatic N) is 2. The number of aromatic amines is 2. The Morgan fingerprint density at radius 1 is 0.811 bits per heavy atom. The number of rotatable bonds is 5. The van der Waals surface area contributed by atoms with Crippen LogP contribution < -0.4 is 0 Å². The maximum atomic E-state index is 9.60. The lowest BCUT2D eigenvalue weighted by Crippen LogP contribution is -2.04. The molecular formula is C32H40N4O. The zero-order valence-corrected chi connectivity index (χ0v) is 23.3. The van der Waals surface area contributed by atoms with Crippen LogP contribution in [0.1, 0.15) is 104 Å². The summed E-state index contributed by atoms with van der Waals surface area (Å²) in [5, 5.41) is 9.60. The van der Waals surface area contributed by atoms with Crippen LogP contribution in [0, 0.1) is 20.8 Å². The largest absolute Gasteiger partial charge is 0.396 e. The van der Waals surface area contributed by atoms with E-state index in [0.717, 1.165) is 70.5 Å². The molecule has 0 spiro atoms. The maximum Gasteiger partial charge on any atom is 0.0693 e. The van der Waals surface area contributed by atoms with E-state index in [-0.39, 0.29) is 18.4 Å². The number of hydrogen-bond donors (Lipinski definition) is 3. The molecule has 194 valence electrons. The zero-order chi connectivity index (χ0) is 26.4. The molecule has 0 saturated carbocycles. The smallest absolute Gasteiger partial charge is 0.0693 e. The third kappa shape index (κ3) is 4.33. The molecule has 2 atom stereocenters. The van der Waals surface area contributed by atoms with Crippen LogP contribution in [0.2, 0.25) is 0 Å². The topological polar surface area (TPSA) is 77.6 Å². The minimum Gasteiger partial charge on any atom is -0.396 e. The van der Waals surface area contributed by atoms with E-state index in [1.165, 1.54) is 33.4 Å². The molecule has 2 aliphatic heterocycles. The minimum absolute atomic E-state index is 0.206. The molecule has 5 heteroatoms. The lowest BCUT2D eigenvalue weighted by atomic mass is 9.86. The highest BCUT2D eigenvalue weighted by molar-refractivity contribution is 5.92. The SMILES string of the molecule is CCC1=C(C)c2cc3[nH]c(cc4nc(c(C)c5cc(C)c(cc1n2)[nH]5)[C@@H](CCCO)[C@@H]4C)c(C)c3CC. The Kier molecular flexibility index (Phi) is 6.84. The van der Waals surface area contributed by atoms with Crippen molar-refractivity contribution < 1.29 is 5.11 Å². The predicted octanol–water partition coefficient (Wildman–Crippen LogP) is 7.80. The van der Waals surface area contributed by atoms with Crippen molar-refractivity contribution in [2.45, 2.75) is 86.0 Å². The summed E-state index contributed by atoms with van der Waals surface area (Å²) in [4.78, 5) is 17.8. The predicted molar refractivity (Wildman–Crippen MR) is 155 cm³/mol. The first-order valence-corrected chi connectivity index (χ1v) is 13.8. The molecule has 0 unspecified atom stereocenters. The van der Waals surface area contributed by atoms with Gasteiger partial charge in [0.05, 0.1) is 11.4 Å². The summed E-state index contributed by atoms with van der Waals surface area (Å²) in [5.41, 5.74) is 16.4. The van der Waals surface area contributed by atoms with Gasteiger partial charge >= 0.3 is 0 Å². The van der Waals surface area contributed by atoms with E-state index in [4.69, 9.17) is 9.97 Å². The Balaban J connectivity index is 1.92. The van der Waals surface area contributed by atoms with Gasteiger partial charge in [0.25, 0.3) is 0 Å². The zero-order valence-electron chi connectivity index (χ0n) is 23.3. The lowest BCUT2D eigenvalue weighted by Gasteiger charge is -2.16. The van der Waals surface area contributed by atoms with Crippen molar-refractivity contribution in [2.24, 2.45) is 0 Å². The fraction of sp³-hybridized carbons (Fsp3) is 0.438. The van der Waals surface area contributed by atoms with Gasteiger partial charge in [0.2, 0.25) is 0 Å². The fourth-order valence-corrected chi connectivity index (χ4v) is 6.21. The number of nitrogens with one attached hydrogen (secondary N) is 2. The first-order chi connectivity index (χ1) is 17.8. The van der Waals surface area contributed by atoms with Gasteiger partial charge in [-0.2, -0.15) is 0 Å². The summed E-state index contributed by atoms with van der Waals surface area (Å²) in [7, 11) is 0. The molecule has 5 rings (SSSR count). The van der Waals surface area contributed by atoms with E-state index >= 15 is 0 Å². The second-order valence-corrected chi connectivity index (χ2v) is 10.8. The van der Waals surface area contributed by atoms with E-state index in [2.05, 4.69) is 82.7 Å². The highest BCUT2D eigenvalue weighted by Gasteiger charge is 2.30. The van der Waals surface area contributed by atoms with E-state index in [9.17, 15) is 5.11 Å². The molecule has 3 aromatic rings. The Hall–Kier alpha value is -3.18. The molecule has 5 nitrogen and oxygen atoms in total. The Morgan fingerprint density at radius 3 is 2.22 bits per heavy atom. The quantitative estimate of drug-likeness (QED) is 0.337. The second kappa shape index (κ2) is 9.94. The molecule has 0 aromatic carbocycles. The van der Waals surface area contributed by atoms with Crippen LogP contribution in [0.5, 0.6) is 0 Å². The molecule has 8 bridgehead atoms. The Bertz CT molecular complexity index is 1550. The summed E-state index contributed by atoms with van der Waals surface area (Å²) >= 11 is 0. The molecule has 0 radical (unpaired) electrons. The van der Waals surface area contributed by atoms with E-state index in [1.54, 1.807) is 0 Å². The van der Waals surface area contributed by atoms with Crippen LogP contribution in [0.15, 0.2) is 24.3 Å². The van der Waals surface area contributed by atoms with E-state index in [0.29, 0.717) is 0 Å². The van der Waals surface area contributed by atoms with Gasteiger partial charge in [-0.25, -0.2) is 4.98 Å². The van der Waals surface area contributed by atoms with Crippen LogP contribution >= 0.6 is 0 Å². The first kappa shape index (κ1) is 25.5. The summed E-state index contributed by atoms with van der Waals surface area (Å²) < 4.78 is 0. The third-order valence-electron chi connectivity index (χ3n) is 8.59. The molecule has 0 saturated heterocycles. The monoisotopic (exact) mass is 496 g/mol. The molecule has 0 amide bonds. The maximum absolute atomic E-state index is 9.60. The number of allylic oxidation sites excluding steroid dienone is 2. The lowest BCUT2D eigenvalue weighted by molar-refractivity contribution is 0.277. The van der Waals surface area contributed by atoms with Crippen LogP contribution in [0.25, 0.3) is 33.2 Å². The number of aliphatic hydroxyl groups is 1. The molecule has 37 heavy (non-hydrogen) atoms. The summed E-state index contributed by atoms with van der Waals surface area (Å²) in [5.74, 6) is 0.563. The Labute approximate surface area is 220 Å². The van der Waals surface area contributed by atoms with Crippen molar-refractivity contribution in [1.82, 2.24) is 19.9 Å². The van der Waals surface area contributed by atoms with Crippen molar-refractivity contribution >= 4 is 33.2 Å². The number of aryl methyl sites for hydroxylation is 4. The van der Waals surface area contributed by atoms with Crippen molar-refractivity contribution in [3.8, 4) is 0 Å². The van der Waals surface area contributed by atoms with E-state index < -0.39 is 0 Å². The van der Waals surface area contributed by atoms with Gasteiger partial charge in [-0.05, 0) is 111 Å². The average molecular weight is 497 g/mol. The van der Waals surface area contributed by atoms with Crippen LogP contribution in [-0.4, -0.2) is 31.6 Å². The van der Waals surface area contributed by atoms with Gasteiger partial charge in [-0.3, -0.25) is 4.98 Å². The highest BCUT2D eigenvalue weighted by atomic mass is 16.2. The first-order valence-electron chi connectivity index (χ1n) is 13.8. The molecule has 3 aromatic heterocycles. The third-order valence-corrected chi connectivity index (χ3v) is 8.59. The van der Waals surface area contributed by atoms with Gasteiger partial charge in [-0.1, -0.05) is 20.8 Å². The van der Waals surface area contributed by atoms with Gasteiger partial charge in [-0.15, -0.1) is 0 Å². The van der Waals surface area contributed by atoms with Gasteiger partial charge in [0.1, 0.15) is 0 Å². The fourth-order valence-electron chi connectivity index (χ4n) is 6.21. The van der Waals surface area contributed by atoms with Gasteiger partial charge in [0.15, 0.2) is 0 Å². The summed E-state index contributed by atoms with van der Waals surface area (Å²) in [6.45, 7) is 15.7. The van der Waals surface area contributed by atoms with Crippen molar-refractivity contribution in [2.75, 3.05) is 6.61 Å². The Morgan fingerprint density at radius 2 is 1.51 bits per heavy atom. The number of H-pyrrole nitrogens is 2. The summed E-state index contributed by atoms with van der Waals surface area (Å²) in [6.07, 6.45) is 3.60. The molecule has 3 N–H and O–H groups in total. The average Bonchev–Trinajstić information content (AvgIpc) is 3.57. The number of fused-ring (bicyclic) bond motifs is 8. The molecule has 2 aliphatic rings. The van der Waals surface area contributed by atoms with Gasteiger partial charge in [0, 0.05) is 51.9 Å². The van der Waals surface area contributed by atoms with Crippen molar-refractivity contribution in [3.63, 3.8) is 0 Å². The molecule has 5 heterocycles. The normalized spacial score (nSPS) is 17.6. The van der Waals surface area contributed by atoms with Crippen molar-refractivity contribution in [1.29, 1.82) is 0 Å². The van der Waals surface area contributed by atoms with E-state index in [1.807, 2.05) is 0 Å². The number of hydrogen-bond acceptors (Lipinski definition) is 3. The number of aliphatic hydroxyl groups excluding tert-OH is 1. The van der Waals surface area contributed by atoms with Crippen LogP contribution in [0.3, 0.4) is 0 Å². The molecule has 0 fully saturated rings. The highest BCUT2D eigenvalue weighted by Crippen LogP contribution is 2.41.